The van der Waals surface area contributed by atoms with Gasteiger partial charge in [0.15, 0.2) is 9.84 Å². The van der Waals surface area contributed by atoms with Gasteiger partial charge in [0.1, 0.15) is 0 Å². The molecule has 0 spiro atoms. The zero-order valence-corrected chi connectivity index (χ0v) is 13.7. The molecule has 1 fully saturated rings. The molecule has 1 aromatic heterocycles. The van der Waals surface area contributed by atoms with E-state index in [2.05, 4.69) is 4.98 Å². The van der Waals surface area contributed by atoms with E-state index in [4.69, 9.17) is 11.6 Å². The number of fused-ring (bicyclic) bond motifs is 1. The van der Waals surface area contributed by atoms with Crippen LogP contribution in [0, 0.1) is 0 Å². The Balaban J connectivity index is 1.93. The van der Waals surface area contributed by atoms with E-state index < -0.39 is 9.84 Å². The van der Waals surface area contributed by atoms with Crippen molar-refractivity contribution in [1.29, 1.82) is 0 Å². The highest BCUT2D eigenvalue weighted by Crippen LogP contribution is 2.25. The summed E-state index contributed by atoms with van der Waals surface area (Å²) < 4.78 is 23.3. The molecule has 0 aliphatic carbocycles. The average Bonchev–Trinajstić information content (AvgIpc) is 3.02. The van der Waals surface area contributed by atoms with Crippen molar-refractivity contribution in [3.63, 3.8) is 0 Å². The molecule has 0 saturated carbocycles. The zero-order chi connectivity index (χ0) is 15.9. The first-order valence-electron chi connectivity index (χ1n) is 7.19. The van der Waals surface area contributed by atoms with Crippen molar-refractivity contribution in [1.82, 2.24) is 9.88 Å². The summed E-state index contributed by atoms with van der Waals surface area (Å²) in [5.41, 5.74) is 1.35. The van der Waals surface area contributed by atoms with Crippen LogP contribution < -0.4 is 0 Å². The van der Waals surface area contributed by atoms with Gasteiger partial charge in [-0.1, -0.05) is 17.7 Å². The molecule has 1 aromatic carbocycles. The molecular weight excluding hydrogens is 324 g/mol. The maximum atomic E-state index is 12.8. The highest BCUT2D eigenvalue weighted by atomic mass is 35.5. The first-order valence-corrected chi connectivity index (χ1v) is 9.39. The molecule has 118 valence electrons. The Kier molecular flexibility index (Phi) is 3.91. The number of amides is 1. The summed E-state index contributed by atoms with van der Waals surface area (Å²) in [6.07, 6.45) is 2.17. The van der Waals surface area contributed by atoms with Gasteiger partial charge in [-0.2, -0.15) is 0 Å². The number of aromatic nitrogens is 1. The number of nitrogens with one attached hydrogen (secondary N) is 1. The molecule has 2 heterocycles. The highest BCUT2D eigenvalue weighted by Gasteiger charge is 2.34. The van der Waals surface area contributed by atoms with Gasteiger partial charge < -0.3 is 9.88 Å². The molecule has 1 N–H and O–H groups in total. The van der Waals surface area contributed by atoms with Crippen LogP contribution in [0.5, 0.6) is 0 Å². The van der Waals surface area contributed by atoms with Gasteiger partial charge in [0, 0.05) is 34.7 Å². The summed E-state index contributed by atoms with van der Waals surface area (Å²) in [5.74, 6) is 0.0734. The maximum absolute atomic E-state index is 12.8. The van der Waals surface area contributed by atoms with Crippen molar-refractivity contribution < 1.29 is 13.2 Å². The lowest BCUT2D eigenvalue weighted by Gasteiger charge is -2.26. The lowest BCUT2D eigenvalue weighted by molar-refractivity contribution is 0.0710. The fraction of sp³-hybridized carbons (Fsp3) is 0.400. The van der Waals surface area contributed by atoms with E-state index in [0.717, 1.165) is 10.9 Å². The smallest absolute Gasteiger partial charge is 0.256 e. The number of benzene rings is 1. The lowest BCUT2D eigenvalue weighted by atomic mass is 10.1. The molecular formula is C15H17ClN2O3S. The van der Waals surface area contributed by atoms with E-state index in [1.165, 1.54) is 0 Å². The molecule has 0 bridgehead atoms. The van der Waals surface area contributed by atoms with Crippen LogP contribution in [-0.4, -0.2) is 48.3 Å². The number of hydrogen-bond acceptors (Lipinski definition) is 3. The Morgan fingerprint density at radius 3 is 2.86 bits per heavy atom. The number of carbonyl (C=O) groups is 1. The van der Waals surface area contributed by atoms with Gasteiger partial charge >= 0.3 is 0 Å². The Bertz CT molecular complexity index is 828. The van der Waals surface area contributed by atoms with Crippen molar-refractivity contribution in [3.05, 3.63) is 35.0 Å². The van der Waals surface area contributed by atoms with E-state index in [9.17, 15) is 13.2 Å². The van der Waals surface area contributed by atoms with Crippen LogP contribution in [0.1, 0.15) is 23.7 Å². The van der Waals surface area contributed by atoms with Crippen molar-refractivity contribution in [2.75, 3.05) is 18.1 Å². The van der Waals surface area contributed by atoms with Crippen LogP contribution >= 0.6 is 11.6 Å². The molecule has 1 atom stereocenters. The lowest BCUT2D eigenvalue weighted by Crippen LogP contribution is -2.40. The maximum Gasteiger partial charge on any atom is 0.256 e. The molecule has 5 nitrogen and oxygen atoms in total. The molecule has 7 heteroatoms. The zero-order valence-electron chi connectivity index (χ0n) is 12.2. The van der Waals surface area contributed by atoms with Crippen molar-refractivity contribution in [2.45, 2.75) is 19.4 Å². The van der Waals surface area contributed by atoms with Crippen LogP contribution in [0.2, 0.25) is 5.02 Å². The van der Waals surface area contributed by atoms with Crippen LogP contribution in [0.25, 0.3) is 10.9 Å². The third-order valence-electron chi connectivity index (χ3n) is 4.12. The topological polar surface area (TPSA) is 70.2 Å². The fourth-order valence-electron chi connectivity index (χ4n) is 3.02. The molecule has 1 aliphatic rings. The number of sulfone groups is 1. The number of carbonyl (C=O) groups excluding carboxylic acids is 1. The van der Waals surface area contributed by atoms with E-state index >= 15 is 0 Å². The standard InChI is InChI=1S/C15H17ClN2O3S/c1-2-18(11-5-6-22(20,21)9-11)15(19)13-8-17-14-7-10(16)3-4-12(13)14/h3-4,7-8,11,17H,2,5-6,9H2,1H3. The largest absolute Gasteiger partial charge is 0.360 e. The van der Waals surface area contributed by atoms with Crippen LogP contribution in [0.15, 0.2) is 24.4 Å². The number of aromatic amines is 1. The molecule has 2 aromatic rings. The van der Waals surface area contributed by atoms with Gasteiger partial charge in [-0.15, -0.1) is 0 Å². The summed E-state index contributed by atoms with van der Waals surface area (Å²) >= 11 is 5.95. The monoisotopic (exact) mass is 340 g/mol. The minimum Gasteiger partial charge on any atom is -0.360 e. The average molecular weight is 341 g/mol. The van der Waals surface area contributed by atoms with Crippen LogP contribution in [0.4, 0.5) is 0 Å². The first-order chi connectivity index (χ1) is 10.4. The second kappa shape index (κ2) is 5.59. The Morgan fingerprint density at radius 1 is 1.45 bits per heavy atom. The number of nitrogens with zero attached hydrogens (tertiary/aromatic N) is 1. The quantitative estimate of drug-likeness (QED) is 0.933. The molecule has 1 amide bonds. The van der Waals surface area contributed by atoms with Crippen molar-refractivity contribution in [2.24, 2.45) is 0 Å². The minimum absolute atomic E-state index is 0.0563. The van der Waals surface area contributed by atoms with E-state index in [1.807, 2.05) is 6.92 Å². The van der Waals surface area contributed by atoms with E-state index in [-0.39, 0.29) is 23.5 Å². The van der Waals surface area contributed by atoms with Gasteiger partial charge in [0.2, 0.25) is 0 Å². The SMILES string of the molecule is CCN(C(=O)c1c[nH]c2cc(Cl)ccc12)C1CCS(=O)(=O)C1. The fourth-order valence-corrected chi connectivity index (χ4v) is 4.92. The third kappa shape index (κ3) is 2.73. The summed E-state index contributed by atoms with van der Waals surface area (Å²) in [7, 11) is -3.02. The van der Waals surface area contributed by atoms with Crippen molar-refractivity contribution >= 4 is 38.2 Å². The van der Waals surface area contributed by atoms with Gasteiger partial charge in [0.05, 0.1) is 17.1 Å². The Morgan fingerprint density at radius 2 is 2.23 bits per heavy atom. The number of rotatable bonds is 3. The molecule has 1 saturated heterocycles. The normalized spacial score (nSPS) is 20.4. The molecule has 1 aliphatic heterocycles. The molecule has 22 heavy (non-hydrogen) atoms. The number of H-pyrrole nitrogens is 1. The molecule has 1 unspecified atom stereocenters. The summed E-state index contributed by atoms with van der Waals surface area (Å²) in [4.78, 5) is 17.5. The van der Waals surface area contributed by atoms with Crippen molar-refractivity contribution in [3.8, 4) is 0 Å². The predicted octanol–water partition coefficient (Wildman–Crippen LogP) is 2.47. The Hall–Kier alpha value is -1.53. The number of halogens is 1. The van der Waals surface area contributed by atoms with Gasteiger partial charge in [0.25, 0.3) is 5.91 Å². The Labute approximate surface area is 134 Å². The highest BCUT2D eigenvalue weighted by molar-refractivity contribution is 7.91. The van der Waals surface area contributed by atoms with Gasteiger partial charge in [-0.05, 0) is 25.5 Å². The third-order valence-corrected chi connectivity index (χ3v) is 6.11. The van der Waals surface area contributed by atoms with Gasteiger partial charge in [-0.3, -0.25) is 4.79 Å². The second-order valence-electron chi connectivity index (χ2n) is 5.54. The minimum atomic E-state index is -3.02. The molecule has 3 rings (SSSR count). The van der Waals surface area contributed by atoms with Crippen LogP contribution in [0.3, 0.4) is 0 Å². The summed E-state index contributed by atoms with van der Waals surface area (Å²) in [6.45, 7) is 2.35. The summed E-state index contributed by atoms with van der Waals surface area (Å²) in [6, 6.07) is 5.08. The predicted molar refractivity (Wildman–Crippen MR) is 87.1 cm³/mol. The van der Waals surface area contributed by atoms with E-state index in [1.54, 1.807) is 29.3 Å². The first kappa shape index (κ1) is 15.4. The van der Waals surface area contributed by atoms with Crippen LogP contribution in [-0.2, 0) is 9.84 Å². The molecule has 0 radical (unpaired) electrons. The second-order valence-corrected chi connectivity index (χ2v) is 8.21. The van der Waals surface area contributed by atoms with E-state index in [0.29, 0.717) is 23.6 Å². The van der Waals surface area contributed by atoms with Gasteiger partial charge in [-0.25, -0.2) is 8.42 Å². The summed E-state index contributed by atoms with van der Waals surface area (Å²) in [5, 5.41) is 1.40. The number of hydrogen-bond donors (Lipinski definition) is 1.